The van der Waals surface area contributed by atoms with E-state index in [-0.39, 0.29) is 18.0 Å². The van der Waals surface area contributed by atoms with Crippen LogP contribution in [0, 0.1) is 5.82 Å². The number of aromatic nitrogens is 1. The van der Waals surface area contributed by atoms with Crippen LogP contribution >= 0.6 is 27.3 Å². The predicted molar refractivity (Wildman–Crippen MR) is 81.8 cm³/mol. The second-order valence-electron chi connectivity index (χ2n) is 4.32. The van der Waals surface area contributed by atoms with Crippen LogP contribution in [-0.2, 0) is 6.42 Å². The van der Waals surface area contributed by atoms with Crippen LogP contribution in [0.2, 0.25) is 0 Å². The first-order valence-corrected chi connectivity index (χ1v) is 7.57. The third-order valence-corrected chi connectivity index (χ3v) is 4.46. The molecule has 0 bridgehead atoms. The Labute approximate surface area is 127 Å². The largest absolute Gasteiger partial charge is 0.291 e. The molecule has 0 amide bonds. The minimum absolute atomic E-state index is 0.0189. The lowest BCUT2D eigenvalue weighted by Crippen LogP contribution is -2.04. The van der Waals surface area contributed by atoms with Crippen molar-refractivity contribution in [3.63, 3.8) is 0 Å². The number of ketones is 1. The average molecular weight is 350 g/mol. The Hall–Kier alpha value is -1.59. The predicted octanol–water partition coefficient (Wildman–Crippen LogP) is 4.62. The van der Waals surface area contributed by atoms with Gasteiger partial charge in [-0.05, 0) is 35.9 Å². The summed E-state index contributed by atoms with van der Waals surface area (Å²) in [5.41, 5.74) is 1.18. The van der Waals surface area contributed by atoms with E-state index >= 15 is 0 Å². The molecule has 1 heterocycles. The summed E-state index contributed by atoms with van der Waals surface area (Å²) in [6, 6.07) is 12.2. The van der Waals surface area contributed by atoms with Crippen molar-refractivity contribution in [2.45, 2.75) is 6.42 Å². The van der Waals surface area contributed by atoms with Crippen LogP contribution in [0.1, 0.15) is 15.4 Å². The summed E-state index contributed by atoms with van der Waals surface area (Å²) >= 11 is 4.62. The van der Waals surface area contributed by atoms with Gasteiger partial charge >= 0.3 is 0 Å². The van der Waals surface area contributed by atoms with E-state index in [1.165, 1.54) is 17.4 Å². The number of carbonyl (C=O) groups is 1. The number of nitrogens with zero attached hydrogens (tertiary/aromatic N) is 1. The van der Waals surface area contributed by atoms with Crippen molar-refractivity contribution in [1.29, 1.82) is 0 Å². The number of thiazole rings is 1. The third kappa shape index (κ3) is 2.64. The molecule has 2 nitrogen and oxygen atoms in total. The molecule has 0 N–H and O–H groups in total. The van der Waals surface area contributed by atoms with Crippen molar-refractivity contribution in [1.82, 2.24) is 4.98 Å². The quantitative estimate of drug-likeness (QED) is 0.645. The number of benzene rings is 2. The molecule has 0 atom stereocenters. The highest BCUT2D eigenvalue weighted by Crippen LogP contribution is 2.24. The van der Waals surface area contributed by atoms with Crippen LogP contribution in [0.15, 0.2) is 46.9 Å². The topological polar surface area (TPSA) is 30.0 Å². The number of fused-ring (bicyclic) bond motifs is 1. The number of hydrogen-bond acceptors (Lipinski definition) is 3. The van der Waals surface area contributed by atoms with Crippen molar-refractivity contribution < 1.29 is 9.18 Å². The molecule has 0 unspecified atom stereocenters. The standard InChI is InChI=1S/C15H9BrFNOS/c16-10-5-6-11(17)9(7-10)8-13(19)15-18-12-3-1-2-4-14(12)20-15/h1-7H,8H2. The first-order chi connectivity index (χ1) is 9.63. The Morgan fingerprint density at radius 2 is 2.05 bits per heavy atom. The molecule has 0 saturated heterocycles. The van der Waals surface area contributed by atoms with Crippen molar-refractivity contribution in [2.75, 3.05) is 0 Å². The molecule has 20 heavy (non-hydrogen) atoms. The van der Waals surface area contributed by atoms with Gasteiger partial charge in [-0.15, -0.1) is 11.3 Å². The molecule has 0 fully saturated rings. The molecule has 3 aromatic rings. The highest BCUT2D eigenvalue weighted by molar-refractivity contribution is 9.10. The van der Waals surface area contributed by atoms with Crippen LogP contribution < -0.4 is 0 Å². The Kier molecular flexibility index (Phi) is 3.63. The molecule has 100 valence electrons. The summed E-state index contributed by atoms with van der Waals surface area (Å²) in [5.74, 6) is -0.536. The SMILES string of the molecule is O=C(Cc1cc(Br)ccc1F)c1nc2ccccc2s1. The van der Waals surface area contributed by atoms with Gasteiger partial charge in [0.25, 0.3) is 0 Å². The number of hydrogen-bond donors (Lipinski definition) is 0. The minimum atomic E-state index is -0.373. The molecular formula is C15H9BrFNOS. The smallest absolute Gasteiger partial charge is 0.195 e. The van der Waals surface area contributed by atoms with Crippen LogP contribution in [0.5, 0.6) is 0 Å². The second-order valence-corrected chi connectivity index (χ2v) is 6.27. The van der Waals surface area contributed by atoms with Gasteiger partial charge in [0.2, 0.25) is 0 Å². The van der Waals surface area contributed by atoms with Crippen molar-refractivity contribution in [2.24, 2.45) is 0 Å². The van der Waals surface area contributed by atoms with Crippen LogP contribution in [-0.4, -0.2) is 10.8 Å². The maximum absolute atomic E-state index is 13.7. The van der Waals surface area contributed by atoms with E-state index in [1.807, 2.05) is 24.3 Å². The van der Waals surface area contributed by atoms with Crippen molar-refractivity contribution >= 4 is 43.3 Å². The normalized spacial score (nSPS) is 10.9. The van der Waals surface area contributed by atoms with Gasteiger partial charge in [-0.25, -0.2) is 9.37 Å². The van der Waals surface area contributed by atoms with Gasteiger partial charge < -0.3 is 0 Å². The molecule has 0 saturated carbocycles. The Balaban J connectivity index is 1.90. The van der Waals surface area contributed by atoms with Gasteiger partial charge in [0.1, 0.15) is 5.82 Å². The number of carbonyl (C=O) groups excluding carboxylic acids is 1. The molecule has 1 aromatic heterocycles. The van der Waals surface area contributed by atoms with E-state index in [2.05, 4.69) is 20.9 Å². The monoisotopic (exact) mass is 349 g/mol. The van der Waals surface area contributed by atoms with Gasteiger partial charge in [-0.3, -0.25) is 4.79 Å². The van der Waals surface area contributed by atoms with Crippen molar-refractivity contribution in [3.05, 3.63) is 63.3 Å². The van der Waals surface area contributed by atoms with E-state index in [0.29, 0.717) is 10.6 Å². The Morgan fingerprint density at radius 1 is 1.25 bits per heavy atom. The number of para-hydroxylation sites is 1. The summed E-state index contributed by atoms with van der Waals surface area (Å²) in [6.45, 7) is 0. The molecule has 0 aliphatic carbocycles. The average Bonchev–Trinajstić information content (AvgIpc) is 2.87. The first-order valence-electron chi connectivity index (χ1n) is 5.96. The first kappa shape index (κ1) is 13.4. The molecule has 2 aromatic carbocycles. The number of rotatable bonds is 3. The lowest BCUT2D eigenvalue weighted by molar-refractivity contribution is 0.0991. The van der Waals surface area contributed by atoms with Gasteiger partial charge in [-0.2, -0.15) is 0 Å². The zero-order valence-electron chi connectivity index (χ0n) is 10.3. The summed E-state index contributed by atoms with van der Waals surface area (Å²) in [7, 11) is 0. The van der Waals surface area contributed by atoms with E-state index in [0.717, 1.165) is 14.7 Å². The Bertz CT molecular complexity index is 766. The van der Waals surface area contributed by atoms with E-state index < -0.39 is 0 Å². The molecule has 0 radical (unpaired) electrons. The molecule has 0 aliphatic rings. The molecular weight excluding hydrogens is 341 g/mol. The fourth-order valence-corrected chi connectivity index (χ4v) is 3.23. The summed E-state index contributed by atoms with van der Waals surface area (Å²) in [5, 5.41) is 0.422. The van der Waals surface area contributed by atoms with Gasteiger partial charge in [0.15, 0.2) is 10.8 Å². The highest BCUT2D eigenvalue weighted by atomic mass is 79.9. The van der Waals surface area contributed by atoms with E-state index in [1.54, 1.807) is 12.1 Å². The third-order valence-electron chi connectivity index (χ3n) is 2.89. The van der Waals surface area contributed by atoms with Gasteiger partial charge in [-0.1, -0.05) is 28.1 Å². The zero-order valence-corrected chi connectivity index (χ0v) is 12.7. The van der Waals surface area contributed by atoms with Crippen LogP contribution in [0.3, 0.4) is 0 Å². The highest BCUT2D eigenvalue weighted by Gasteiger charge is 2.15. The molecule has 5 heteroatoms. The maximum Gasteiger partial charge on any atom is 0.195 e. The lowest BCUT2D eigenvalue weighted by atomic mass is 10.1. The lowest BCUT2D eigenvalue weighted by Gasteiger charge is -2.01. The van der Waals surface area contributed by atoms with E-state index in [9.17, 15) is 9.18 Å². The minimum Gasteiger partial charge on any atom is -0.291 e. The summed E-state index contributed by atoms with van der Waals surface area (Å²) in [4.78, 5) is 16.5. The van der Waals surface area contributed by atoms with Gasteiger partial charge in [0, 0.05) is 10.9 Å². The molecule has 0 aliphatic heterocycles. The fraction of sp³-hybridized carbons (Fsp3) is 0.0667. The summed E-state index contributed by atoms with van der Waals surface area (Å²) < 4.78 is 15.4. The van der Waals surface area contributed by atoms with Crippen LogP contribution in [0.25, 0.3) is 10.2 Å². The molecule has 3 rings (SSSR count). The van der Waals surface area contributed by atoms with Gasteiger partial charge in [0.05, 0.1) is 10.2 Å². The molecule has 0 spiro atoms. The fourth-order valence-electron chi connectivity index (χ4n) is 1.92. The summed E-state index contributed by atoms with van der Waals surface area (Å²) in [6.07, 6.45) is 0.0189. The number of Topliss-reactive ketones (excluding diaryl/α,β-unsaturated/α-hetero) is 1. The zero-order chi connectivity index (χ0) is 14.1. The maximum atomic E-state index is 13.7. The van der Waals surface area contributed by atoms with E-state index in [4.69, 9.17) is 0 Å². The Morgan fingerprint density at radius 3 is 2.85 bits per heavy atom. The van der Waals surface area contributed by atoms with Crippen molar-refractivity contribution in [3.8, 4) is 0 Å². The second kappa shape index (κ2) is 5.42. The number of halogens is 2. The van der Waals surface area contributed by atoms with Crippen LogP contribution in [0.4, 0.5) is 4.39 Å².